The Balaban J connectivity index is 2.08. The number of hydrogen-bond donors (Lipinski definition) is 1. The van der Waals surface area contributed by atoms with Crippen LogP contribution in [0.2, 0.25) is 10.0 Å². The molecule has 1 amide bonds. The number of carbonyl (C=O) groups is 1. The second-order valence-corrected chi connectivity index (χ2v) is 6.80. The van der Waals surface area contributed by atoms with Crippen LogP contribution in [0, 0.1) is 0 Å². The molecule has 0 atom stereocenters. The van der Waals surface area contributed by atoms with Gasteiger partial charge in [-0.05, 0) is 12.5 Å². The van der Waals surface area contributed by atoms with Crippen LogP contribution in [-0.4, -0.2) is 12.1 Å². The van der Waals surface area contributed by atoms with Crippen LogP contribution in [-0.2, 0) is 4.79 Å². The predicted molar refractivity (Wildman–Crippen MR) is 104 cm³/mol. The number of carbonyl (C=O) groups excluding carboxylic acids is 1. The van der Waals surface area contributed by atoms with Gasteiger partial charge in [-0.25, -0.2) is 5.43 Å². The summed E-state index contributed by atoms with van der Waals surface area (Å²) in [5.41, 5.74) is 3.22. The molecule has 0 spiro atoms. The zero-order valence-corrected chi connectivity index (χ0v) is 16.0. The van der Waals surface area contributed by atoms with E-state index in [4.69, 9.17) is 23.2 Å². The summed E-state index contributed by atoms with van der Waals surface area (Å²) < 4.78 is 0. The lowest BCUT2D eigenvalue weighted by Crippen LogP contribution is -2.16. The molecular weight excluding hydrogens is 343 g/mol. The van der Waals surface area contributed by atoms with Gasteiger partial charge in [0, 0.05) is 12.0 Å². The molecule has 0 saturated heterocycles. The van der Waals surface area contributed by atoms with Crippen molar-refractivity contribution in [2.75, 3.05) is 0 Å². The van der Waals surface area contributed by atoms with Gasteiger partial charge in [-0.3, -0.25) is 4.79 Å². The van der Waals surface area contributed by atoms with E-state index in [-0.39, 0.29) is 5.91 Å². The Morgan fingerprint density at radius 1 is 1.04 bits per heavy atom. The molecule has 0 unspecified atom stereocenters. The SMILES string of the molecule is CCCCCCCCCCCC(=O)N/N=C/c1cccc(Cl)c1Cl. The van der Waals surface area contributed by atoms with Crippen molar-refractivity contribution in [2.24, 2.45) is 5.10 Å². The molecule has 3 nitrogen and oxygen atoms in total. The number of nitrogens with one attached hydrogen (secondary N) is 1. The fourth-order valence-electron chi connectivity index (χ4n) is 2.45. The Kier molecular flexibility index (Phi) is 11.6. The van der Waals surface area contributed by atoms with Crippen molar-refractivity contribution in [1.29, 1.82) is 0 Å². The van der Waals surface area contributed by atoms with Crippen LogP contribution in [0.1, 0.15) is 76.7 Å². The molecule has 0 fully saturated rings. The number of nitrogens with zero attached hydrogens (tertiary/aromatic N) is 1. The highest BCUT2D eigenvalue weighted by Gasteiger charge is 2.02. The van der Waals surface area contributed by atoms with E-state index in [0.29, 0.717) is 22.0 Å². The molecule has 0 bridgehead atoms. The Bertz CT molecular complexity index is 518. The first kappa shape index (κ1) is 21.0. The summed E-state index contributed by atoms with van der Waals surface area (Å²) in [5.74, 6) is -0.0626. The average molecular weight is 371 g/mol. The lowest BCUT2D eigenvalue weighted by molar-refractivity contribution is -0.121. The third kappa shape index (κ3) is 9.29. The number of benzene rings is 1. The number of hydrogen-bond acceptors (Lipinski definition) is 2. The summed E-state index contributed by atoms with van der Waals surface area (Å²) >= 11 is 12.0. The maximum atomic E-state index is 11.7. The number of amides is 1. The Labute approximate surface area is 155 Å². The van der Waals surface area contributed by atoms with E-state index in [1.165, 1.54) is 51.2 Å². The number of unbranched alkanes of at least 4 members (excludes halogenated alkanes) is 8. The third-order valence-electron chi connectivity index (χ3n) is 3.88. The van der Waals surface area contributed by atoms with Crippen molar-refractivity contribution >= 4 is 35.3 Å². The van der Waals surface area contributed by atoms with Crippen LogP contribution < -0.4 is 5.43 Å². The number of rotatable bonds is 12. The van der Waals surface area contributed by atoms with Crippen LogP contribution in [0.4, 0.5) is 0 Å². The highest BCUT2D eigenvalue weighted by molar-refractivity contribution is 6.43. The molecule has 0 aliphatic carbocycles. The minimum Gasteiger partial charge on any atom is -0.273 e. The fourth-order valence-corrected chi connectivity index (χ4v) is 2.80. The summed E-state index contributed by atoms with van der Waals surface area (Å²) in [6.07, 6.45) is 13.2. The van der Waals surface area contributed by atoms with E-state index in [1.807, 2.05) is 0 Å². The van der Waals surface area contributed by atoms with Crippen LogP contribution in [0.25, 0.3) is 0 Å². The van der Waals surface area contributed by atoms with Gasteiger partial charge in [-0.15, -0.1) is 0 Å². The summed E-state index contributed by atoms with van der Waals surface area (Å²) in [6, 6.07) is 5.30. The summed E-state index contributed by atoms with van der Waals surface area (Å²) in [5, 5.41) is 4.85. The highest BCUT2D eigenvalue weighted by atomic mass is 35.5. The molecule has 0 aromatic heterocycles. The molecule has 5 heteroatoms. The van der Waals surface area contributed by atoms with Crippen LogP contribution in [0.5, 0.6) is 0 Å². The first-order valence-electron chi connectivity index (χ1n) is 8.91. The van der Waals surface area contributed by atoms with Crippen LogP contribution >= 0.6 is 23.2 Å². The van der Waals surface area contributed by atoms with E-state index in [9.17, 15) is 4.79 Å². The van der Waals surface area contributed by atoms with Crippen LogP contribution in [0.15, 0.2) is 23.3 Å². The van der Waals surface area contributed by atoms with Gasteiger partial charge in [0.1, 0.15) is 0 Å². The summed E-state index contributed by atoms with van der Waals surface area (Å²) in [7, 11) is 0. The van der Waals surface area contributed by atoms with Crippen molar-refractivity contribution in [1.82, 2.24) is 5.43 Å². The predicted octanol–water partition coefficient (Wildman–Crippen LogP) is 6.36. The van der Waals surface area contributed by atoms with Crippen molar-refractivity contribution in [2.45, 2.75) is 71.1 Å². The van der Waals surface area contributed by atoms with Gasteiger partial charge in [-0.1, -0.05) is 93.6 Å². The number of hydrazone groups is 1. The smallest absolute Gasteiger partial charge is 0.240 e. The highest BCUT2D eigenvalue weighted by Crippen LogP contribution is 2.24. The third-order valence-corrected chi connectivity index (χ3v) is 4.72. The zero-order valence-electron chi connectivity index (χ0n) is 14.5. The van der Waals surface area contributed by atoms with Gasteiger partial charge in [0.2, 0.25) is 5.91 Å². The van der Waals surface area contributed by atoms with E-state index in [1.54, 1.807) is 18.2 Å². The standard InChI is InChI=1S/C19H28Cl2N2O/c1-2-3-4-5-6-7-8-9-10-14-18(24)23-22-15-16-12-11-13-17(20)19(16)21/h11-13,15H,2-10,14H2,1H3,(H,23,24)/b22-15+. The monoisotopic (exact) mass is 370 g/mol. The van der Waals surface area contributed by atoms with E-state index in [0.717, 1.165) is 12.8 Å². The second-order valence-electron chi connectivity index (χ2n) is 6.01. The van der Waals surface area contributed by atoms with Gasteiger partial charge in [0.25, 0.3) is 0 Å². The van der Waals surface area contributed by atoms with Gasteiger partial charge in [0.05, 0.1) is 16.3 Å². The molecule has 0 aliphatic heterocycles. The van der Waals surface area contributed by atoms with Crippen molar-refractivity contribution in [3.8, 4) is 0 Å². The molecule has 0 saturated carbocycles. The van der Waals surface area contributed by atoms with Crippen molar-refractivity contribution < 1.29 is 4.79 Å². The molecule has 1 aromatic rings. The van der Waals surface area contributed by atoms with Gasteiger partial charge in [0.15, 0.2) is 0 Å². The largest absolute Gasteiger partial charge is 0.273 e. The molecule has 134 valence electrons. The topological polar surface area (TPSA) is 41.5 Å². The lowest BCUT2D eigenvalue weighted by Gasteiger charge is -2.02. The Hall–Kier alpha value is -1.06. The minimum absolute atomic E-state index is 0.0626. The molecule has 1 rings (SSSR count). The van der Waals surface area contributed by atoms with E-state index < -0.39 is 0 Å². The second kappa shape index (κ2) is 13.3. The molecule has 1 aromatic carbocycles. The molecule has 0 aliphatic rings. The Morgan fingerprint density at radius 3 is 2.33 bits per heavy atom. The van der Waals surface area contributed by atoms with Gasteiger partial charge >= 0.3 is 0 Å². The number of halogens is 2. The fraction of sp³-hybridized carbons (Fsp3) is 0.579. The molecule has 24 heavy (non-hydrogen) atoms. The van der Waals surface area contributed by atoms with Gasteiger partial charge in [-0.2, -0.15) is 5.10 Å². The van der Waals surface area contributed by atoms with Crippen molar-refractivity contribution in [3.05, 3.63) is 33.8 Å². The first-order chi connectivity index (χ1) is 11.6. The molecule has 1 N–H and O–H groups in total. The normalized spacial score (nSPS) is 11.1. The molecular formula is C19H28Cl2N2O. The summed E-state index contributed by atoms with van der Waals surface area (Å²) in [4.78, 5) is 11.7. The molecule has 0 heterocycles. The van der Waals surface area contributed by atoms with E-state index >= 15 is 0 Å². The first-order valence-corrected chi connectivity index (χ1v) is 9.66. The Morgan fingerprint density at radius 2 is 1.67 bits per heavy atom. The van der Waals surface area contributed by atoms with Gasteiger partial charge < -0.3 is 0 Å². The summed E-state index contributed by atoms with van der Waals surface area (Å²) in [6.45, 7) is 2.23. The lowest BCUT2D eigenvalue weighted by atomic mass is 10.1. The minimum atomic E-state index is -0.0626. The average Bonchev–Trinajstić information content (AvgIpc) is 2.57. The maximum Gasteiger partial charge on any atom is 0.240 e. The van der Waals surface area contributed by atoms with Crippen LogP contribution in [0.3, 0.4) is 0 Å². The molecule has 0 radical (unpaired) electrons. The zero-order chi connectivity index (χ0) is 17.6. The van der Waals surface area contributed by atoms with Crippen molar-refractivity contribution in [3.63, 3.8) is 0 Å². The maximum absolute atomic E-state index is 11.7. The quantitative estimate of drug-likeness (QED) is 0.259. The van der Waals surface area contributed by atoms with E-state index in [2.05, 4.69) is 17.5 Å².